The van der Waals surface area contributed by atoms with Crippen molar-refractivity contribution in [3.05, 3.63) is 6.54 Å². The summed E-state index contributed by atoms with van der Waals surface area (Å²) in [7, 11) is 1.83. The minimum Gasteiger partial charge on any atom is -0.315 e. The second-order valence-corrected chi connectivity index (χ2v) is 0.901. The van der Waals surface area contributed by atoms with Gasteiger partial charge in [0, 0.05) is 13.0 Å². The molecule has 0 heterocycles. The Morgan fingerprint density at radius 1 is 2.00 bits per heavy atom. The smallest absolute Gasteiger partial charge is 0.0337 e. The highest BCUT2D eigenvalue weighted by atomic mass is 14.8. The van der Waals surface area contributed by atoms with Crippen LogP contribution in [0.25, 0.3) is 0 Å². The molecule has 0 rings (SSSR count). The molecule has 6 heavy (non-hydrogen) atoms. The summed E-state index contributed by atoms with van der Waals surface area (Å²) in [6, 6.07) is 0. The van der Waals surface area contributed by atoms with Gasteiger partial charge in [-0.15, -0.1) is 12.3 Å². The van der Waals surface area contributed by atoms with Gasteiger partial charge in [0.25, 0.3) is 0 Å². The number of terminal acetylenes is 1. The lowest BCUT2D eigenvalue weighted by Gasteiger charge is -1.83. The molecule has 0 aromatic carbocycles. The van der Waals surface area contributed by atoms with Crippen LogP contribution in [0.2, 0.25) is 0 Å². The van der Waals surface area contributed by atoms with E-state index >= 15 is 0 Å². The fourth-order valence-corrected chi connectivity index (χ4v) is 0.161. The summed E-state index contributed by atoms with van der Waals surface area (Å²) in [5.41, 5.74) is 0. The van der Waals surface area contributed by atoms with Crippen molar-refractivity contribution in [3.8, 4) is 12.3 Å². The van der Waals surface area contributed by atoms with Crippen LogP contribution in [0.5, 0.6) is 0 Å². The first-order valence-corrected chi connectivity index (χ1v) is 1.84. The summed E-state index contributed by atoms with van der Waals surface area (Å²) < 4.78 is 0. The van der Waals surface area contributed by atoms with Crippen molar-refractivity contribution in [3.63, 3.8) is 0 Å². The fourth-order valence-electron chi connectivity index (χ4n) is 0.161. The molecule has 0 aromatic heterocycles. The molecular formula is C5H8N. The third-order valence-electron chi connectivity index (χ3n) is 0.424. The zero-order chi connectivity index (χ0) is 4.83. The summed E-state index contributed by atoms with van der Waals surface area (Å²) in [6.07, 6.45) is 5.60. The summed E-state index contributed by atoms with van der Waals surface area (Å²) in [5, 5.41) is 2.80. The third kappa shape index (κ3) is 3.52. The van der Waals surface area contributed by atoms with Crippen LogP contribution in [0.1, 0.15) is 6.42 Å². The Bertz CT molecular complexity index is 51.4. The largest absolute Gasteiger partial charge is 0.315 e. The molecule has 0 saturated heterocycles. The molecule has 1 nitrogen and oxygen atoms in total. The van der Waals surface area contributed by atoms with Gasteiger partial charge in [0.1, 0.15) is 0 Å². The maximum Gasteiger partial charge on any atom is 0.0337 e. The number of hydrogen-bond donors (Lipinski definition) is 1. The highest BCUT2D eigenvalue weighted by molar-refractivity contribution is 4.88. The molecule has 1 heteroatoms. The van der Waals surface area contributed by atoms with Gasteiger partial charge in [0.05, 0.1) is 0 Å². The molecule has 0 amide bonds. The first kappa shape index (κ1) is 5.52. The molecule has 0 unspecified atom stereocenters. The minimum absolute atomic E-state index is 0.705. The molecule has 0 saturated carbocycles. The van der Waals surface area contributed by atoms with E-state index in [0.717, 1.165) is 0 Å². The van der Waals surface area contributed by atoms with Gasteiger partial charge in [-0.2, -0.15) is 0 Å². The average Bonchev–Trinajstić information content (AvgIpc) is 1.61. The Labute approximate surface area is 38.7 Å². The Morgan fingerprint density at radius 2 is 2.67 bits per heavy atom. The van der Waals surface area contributed by atoms with Gasteiger partial charge in [-0.3, -0.25) is 0 Å². The predicted molar refractivity (Wildman–Crippen MR) is 26.8 cm³/mol. The first-order valence-electron chi connectivity index (χ1n) is 1.84. The zero-order valence-corrected chi connectivity index (χ0v) is 3.86. The van der Waals surface area contributed by atoms with Gasteiger partial charge < -0.3 is 5.32 Å². The second-order valence-electron chi connectivity index (χ2n) is 0.901. The monoisotopic (exact) mass is 82.1 g/mol. The van der Waals surface area contributed by atoms with Crippen LogP contribution in [-0.4, -0.2) is 7.05 Å². The molecule has 0 aliphatic heterocycles. The van der Waals surface area contributed by atoms with Crippen LogP contribution in [0.15, 0.2) is 0 Å². The summed E-state index contributed by atoms with van der Waals surface area (Å²) in [4.78, 5) is 0. The van der Waals surface area contributed by atoms with Crippen molar-refractivity contribution >= 4 is 0 Å². The number of rotatable bonds is 2. The topological polar surface area (TPSA) is 12.0 Å². The van der Waals surface area contributed by atoms with E-state index in [4.69, 9.17) is 6.42 Å². The SMILES string of the molecule is C#CC[CH]NC. The fraction of sp³-hybridized carbons (Fsp3) is 0.400. The van der Waals surface area contributed by atoms with E-state index in [2.05, 4.69) is 11.2 Å². The molecule has 0 spiro atoms. The van der Waals surface area contributed by atoms with E-state index in [1.807, 2.05) is 13.6 Å². The lowest BCUT2D eigenvalue weighted by molar-refractivity contribution is 0.943. The summed E-state index contributed by atoms with van der Waals surface area (Å²) in [6.45, 7) is 1.82. The second kappa shape index (κ2) is 4.52. The van der Waals surface area contributed by atoms with E-state index < -0.39 is 0 Å². The summed E-state index contributed by atoms with van der Waals surface area (Å²) >= 11 is 0. The average molecular weight is 82.1 g/mol. The molecule has 0 aliphatic rings. The van der Waals surface area contributed by atoms with Crippen molar-refractivity contribution in [1.82, 2.24) is 5.32 Å². The van der Waals surface area contributed by atoms with Crippen molar-refractivity contribution in [2.45, 2.75) is 6.42 Å². The van der Waals surface area contributed by atoms with Gasteiger partial charge in [-0.25, -0.2) is 0 Å². The molecule has 1 N–H and O–H groups in total. The molecule has 33 valence electrons. The van der Waals surface area contributed by atoms with Crippen LogP contribution in [0.3, 0.4) is 0 Å². The Kier molecular flexibility index (Phi) is 4.16. The standard InChI is InChI=1S/C5H8N/c1-3-4-5-6-2/h1,5-6H,4H2,2H3. The summed E-state index contributed by atoms with van der Waals surface area (Å²) in [5.74, 6) is 2.45. The van der Waals surface area contributed by atoms with E-state index in [1.54, 1.807) is 0 Å². The molecule has 0 fully saturated rings. The van der Waals surface area contributed by atoms with Crippen molar-refractivity contribution < 1.29 is 0 Å². The van der Waals surface area contributed by atoms with Crippen molar-refractivity contribution in [2.24, 2.45) is 0 Å². The van der Waals surface area contributed by atoms with E-state index in [0.29, 0.717) is 6.42 Å². The molecule has 0 bridgehead atoms. The maximum atomic E-state index is 4.89. The highest BCUT2D eigenvalue weighted by Crippen LogP contribution is 1.71. The Balaban J connectivity index is 2.54. The number of nitrogens with one attached hydrogen (secondary N) is 1. The Morgan fingerprint density at radius 3 is 2.83 bits per heavy atom. The van der Waals surface area contributed by atoms with Gasteiger partial charge in [-0.1, -0.05) is 0 Å². The predicted octanol–water partition coefficient (Wildman–Crippen LogP) is 0.391. The quantitative estimate of drug-likeness (QED) is 0.375. The lowest BCUT2D eigenvalue weighted by Crippen LogP contribution is -1.98. The van der Waals surface area contributed by atoms with Crippen LogP contribution in [-0.2, 0) is 0 Å². The molecule has 0 atom stereocenters. The molecular weight excluding hydrogens is 74.1 g/mol. The highest BCUT2D eigenvalue weighted by Gasteiger charge is 1.69. The van der Waals surface area contributed by atoms with E-state index in [-0.39, 0.29) is 0 Å². The van der Waals surface area contributed by atoms with Gasteiger partial charge in [0.15, 0.2) is 0 Å². The van der Waals surface area contributed by atoms with Gasteiger partial charge in [0.2, 0.25) is 0 Å². The number of hydrogen-bond acceptors (Lipinski definition) is 1. The Hall–Kier alpha value is -0.480. The normalized spacial score (nSPS) is 7.33. The van der Waals surface area contributed by atoms with Crippen LogP contribution >= 0.6 is 0 Å². The zero-order valence-electron chi connectivity index (χ0n) is 3.86. The molecule has 0 aromatic rings. The van der Waals surface area contributed by atoms with Gasteiger partial charge >= 0.3 is 0 Å². The van der Waals surface area contributed by atoms with E-state index in [1.165, 1.54) is 0 Å². The van der Waals surface area contributed by atoms with Crippen LogP contribution in [0.4, 0.5) is 0 Å². The molecule has 1 radical (unpaired) electrons. The van der Waals surface area contributed by atoms with Crippen LogP contribution in [0, 0.1) is 18.9 Å². The third-order valence-corrected chi connectivity index (χ3v) is 0.424. The maximum absolute atomic E-state index is 4.89. The van der Waals surface area contributed by atoms with Crippen LogP contribution < -0.4 is 5.32 Å². The van der Waals surface area contributed by atoms with Gasteiger partial charge in [-0.05, 0) is 7.05 Å². The van der Waals surface area contributed by atoms with Crippen molar-refractivity contribution in [1.29, 1.82) is 0 Å². The molecule has 0 aliphatic carbocycles. The first-order chi connectivity index (χ1) is 2.91. The van der Waals surface area contributed by atoms with Crippen molar-refractivity contribution in [2.75, 3.05) is 7.05 Å². The van der Waals surface area contributed by atoms with E-state index in [9.17, 15) is 0 Å². The lowest BCUT2D eigenvalue weighted by atomic mass is 10.4. The minimum atomic E-state index is 0.705.